The smallest absolute Gasteiger partial charge is 0.336 e. The number of nitrogens with one attached hydrogen (secondary N) is 1. The first kappa shape index (κ1) is 17.5. The first-order valence-electron chi connectivity index (χ1n) is 8.38. The van der Waals surface area contributed by atoms with E-state index in [1.807, 2.05) is 0 Å². The normalized spacial score (nSPS) is 13.0. The van der Waals surface area contributed by atoms with Crippen LogP contribution in [0.5, 0.6) is 5.75 Å². The van der Waals surface area contributed by atoms with Gasteiger partial charge in [-0.2, -0.15) is 5.01 Å². The molecule has 0 unspecified atom stereocenters. The summed E-state index contributed by atoms with van der Waals surface area (Å²) in [5.41, 5.74) is 3.33. The summed E-state index contributed by atoms with van der Waals surface area (Å²) >= 11 is 0. The number of carbonyl (C=O) groups is 3. The number of hydrogen-bond acceptors (Lipinski definition) is 6. The average molecular weight is 378 g/mol. The van der Waals surface area contributed by atoms with Gasteiger partial charge in [0.05, 0.1) is 11.1 Å². The molecule has 1 aliphatic heterocycles. The van der Waals surface area contributed by atoms with Gasteiger partial charge in [-0.15, -0.1) is 0 Å². The highest BCUT2D eigenvalue weighted by Crippen LogP contribution is 2.23. The second-order valence-electron chi connectivity index (χ2n) is 6.22. The molecule has 0 radical (unpaired) electrons. The number of fused-ring (bicyclic) bond motifs is 2. The zero-order valence-electron chi connectivity index (χ0n) is 14.7. The lowest BCUT2D eigenvalue weighted by Gasteiger charge is -2.15. The Kier molecular flexibility index (Phi) is 4.15. The number of rotatable bonds is 4. The fourth-order valence-corrected chi connectivity index (χ4v) is 2.99. The van der Waals surface area contributed by atoms with E-state index in [1.165, 1.54) is 24.3 Å². The van der Waals surface area contributed by atoms with Crippen LogP contribution in [0.4, 0.5) is 0 Å². The number of hydrogen-bond donors (Lipinski definition) is 1. The Morgan fingerprint density at radius 3 is 2.39 bits per heavy atom. The van der Waals surface area contributed by atoms with Gasteiger partial charge in [-0.1, -0.05) is 12.1 Å². The van der Waals surface area contributed by atoms with Crippen LogP contribution in [-0.2, 0) is 4.79 Å². The van der Waals surface area contributed by atoms with E-state index < -0.39 is 30.0 Å². The first-order valence-corrected chi connectivity index (χ1v) is 8.38. The zero-order chi connectivity index (χ0) is 19.8. The molecule has 0 spiro atoms. The SMILES string of the molecule is Cc1cc(=O)oc2cc(OCC(=O)NN3C(=O)c4ccccc4C3=O)ccc12. The molecular weight excluding hydrogens is 364 g/mol. The Hall–Kier alpha value is -3.94. The molecule has 1 N–H and O–H groups in total. The number of aryl methyl sites for hydroxylation is 1. The minimum absolute atomic E-state index is 0.230. The highest BCUT2D eigenvalue weighted by atomic mass is 16.5. The van der Waals surface area contributed by atoms with Crippen molar-refractivity contribution in [1.29, 1.82) is 0 Å². The van der Waals surface area contributed by atoms with Crippen LogP contribution in [0.1, 0.15) is 26.3 Å². The fourth-order valence-electron chi connectivity index (χ4n) is 2.99. The van der Waals surface area contributed by atoms with Crippen molar-refractivity contribution < 1.29 is 23.5 Å². The summed E-state index contributed by atoms with van der Waals surface area (Å²) in [4.78, 5) is 48.1. The molecular formula is C20H14N2O6. The van der Waals surface area contributed by atoms with Crippen LogP contribution in [0.15, 0.2) is 57.7 Å². The molecule has 0 aliphatic carbocycles. The highest BCUT2D eigenvalue weighted by Gasteiger charge is 2.36. The molecule has 8 heteroatoms. The van der Waals surface area contributed by atoms with Crippen LogP contribution in [0.2, 0.25) is 0 Å². The summed E-state index contributed by atoms with van der Waals surface area (Å²) in [6.07, 6.45) is 0. The van der Waals surface area contributed by atoms with Gasteiger partial charge >= 0.3 is 5.63 Å². The summed E-state index contributed by atoms with van der Waals surface area (Å²) in [5, 5.41) is 1.42. The van der Waals surface area contributed by atoms with Crippen LogP contribution in [-0.4, -0.2) is 29.3 Å². The number of imide groups is 1. The molecule has 0 saturated carbocycles. The number of benzene rings is 2. The quantitative estimate of drug-likeness (QED) is 0.548. The van der Waals surface area contributed by atoms with Gasteiger partial charge in [0.25, 0.3) is 17.7 Å². The van der Waals surface area contributed by atoms with E-state index in [0.717, 1.165) is 10.9 Å². The van der Waals surface area contributed by atoms with Crippen molar-refractivity contribution in [2.75, 3.05) is 6.61 Å². The minimum atomic E-state index is -0.680. The fraction of sp³-hybridized carbons (Fsp3) is 0.100. The number of amides is 3. The van der Waals surface area contributed by atoms with Gasteiger partial charge in [-0.25, -0.2) is 4.79 Å². The molecule has 0 fully saturated rings. The maximum absolute atomic E-state index is 12.2. The summed E-state index contributed by atoms with van der Waals surface area (Å²) in [7, 11) is 0. The summed E-state index contributed by atoms with van der Waals surface area (Å²) in [5.74, 6) is -1.58. The molecule has 140 valence electrons. The zero-order valence-corrected chi connectivity index (χ0v) is 14.7. The van der Waals surface area contributed by atoms with Crippen molar-refractivity contribution >= 4 is 28.7 Å². The van der Waals surface area contributed by atoms with Crippen LogP contribution in [0.25, 0.3) is 11.0 Å². The van der Waals surface area contributed by atoms with Crippen molar-refractivity contribution in [1.82, 2.24) is 10.4 Å². The third-order valence-corrected chi connectivity index (χ3v) is 4.32. The molecule has 0 bridgehead atoms. The van der Waals surface area contributed by atoms with E-state index in [9.17, 15) is 19.2 Å². The lowest BCUT2D eigenvalue weighted by molar-refractivity contribution is -0.126. The Labute approximate surface area is 158 Å². The molecule has 2 heterocycles. The molecule has 1 aromatic heterocycles. The molecule has 1 aliphatic rings. The molecule has 3 aromatic rings. The van der Waals surface area contributed by atoms with Crippen LogP contribution >= 0.6 is 0 Å². The van der Waals surface area contributed by atoms with Crippen LogP contribution in [0, 0.1) is 6.92 Å². The van der Waals surface area contributed by atoms with Crippen LogP contribution < -0.4 is 15.8 Å². The Morgan fingerprint density at radius 2 is 1.71 bits per heavy atom. The van der Waals surface area contributed by atoms with Gasteiger partial charge in [0.2, 0.25) is 0 Å². The lowest BCUT2D eigenvalue weighted by Crippen LogP contribution is -2.47. The highest BCUT2D eigenvalue weighted by molar-refractivity contribution is 6.21. The first-order chi connectivity index (χ1) is 13.4. The van der Waals surface area contributed by atoms with E-state index in [0.29, 0.717) is 16.3 Å². The van der Waals surface area contributed by atoms with Crippen LogP contribution in [0.3, 0.4) is 0 Å². The van der Waals surface area contributed by atoms with E-state index in [4.69, 9.17) is 9.15 Å². The van der Waals surface area contributed by atoms with Crippen molar-refractivity contribution in [3.05, 3.63) is 75.6 Å². The van der Waals surface area contributed by atoms with Crippen molar-refractivity contribution in [2.45, 2.75) is 6.92 Å². The van der Waals surface area contributed by atoms with E-state index >= 15 is 0 Å². The summed E-state index contributed by atoms with van der Waals surface area (Å²) < 4.78 is 10.5. The van der Waals surface area contributed by atoms with Gasteiger partial charge in [0.1, 0.15) is 11.3 Å². The maximum atomic E-state index is 12.2. The van der Waals surface area contributed by atoms with Crippen molar-refractivity contribution in [3.8, 4) is 5.75 Å². The van der Waals surface area contributed by atoms with Gasteiger partial charge in [-0.3, -0.25) is 19.8 Å². The van der Waals surface area contributed by atoms with E-state index in [-0.39, 0.29) is 11.1 Å². The number of hydrazine groups is 1. The van der Waals surface area contributed by atoms with Crippen molar-refractivity contribution in [2.24, 2.45) is 0 Å². The van der Waals surface area contributed by atoms with Gasteiger partial charge in [0.15, 0.2) is 6.61 Å². The molecule has 8 nitrogen and oxygen atoms in total. The average Bonchev–Trinajstić information content (AvgIpc) is 2.91. The van der Waals surface area contributed by atoms with Gasteiger partial charge in [-0.05, 0) is 36.8 Å². The summed E-state index contributed by atoms with van der Waals surface area (Å²) in [6, 6.07) is 12.5. The Morgan fingerprint density at radius 1 is 1.04 bits per heavy atom. The number of nitrogens with zero attached hydrogens (tertiary/aromatic N) is 1. The third-order valence-electron chi connectivity index (χ3n) is 4.32. The predicted molar refractivity (Wildman–Crippen MR) is 97.8 cm³/mol. The number of carbonyl (C=O) groups excluding carboxylic acids is 3. The molecule has 28 heavy (non-hydrogen) atoms. The summed E-state index contributed by atoms with van der Waals surface area (Å²) in [6.45, 7) is 1.35. The monoisotopic (exact) mass is 378 g/mol. The van der Waals surface area contributed by atoms with Gasteiger partial charge in [0, 0.05) is 17.5 Å². The second kappa shape index (κ2) is 6.66. The molecule has 0 saturated heterocycles. The van der Waals surface area contributed by atoms with Crippen molar-refractivity contribution in [3.63, 3.8) is 0 Å². The predicted octanol–water partition coefficient (Wildman–Crippen LogP) is 1.81. The number of ether oxygens (including phenoxy) is 1. The topological polar surface area (TPSA) is 106 Å². The molecule has 2 aromatic carbocycles. The largest absolute Gasteiger partial charge is 0.484 e. The van der Waals surface area contributed by atoms with E-state index in [2.05, 4.69) is 5.43 Å². The third kappa shape index (κ3) is 3.01. The maximum Gasteiger partial charge on any atom is 0.336 e. The standard InChI is InChI=1S/C20H14N2O6/c1-11-8-18(24)28-16-9-12(6-7-13(11)16)27-10-17(23)21-22-19(25)14-4-2-3-5-15(14)20(22)26/h2-9H,10H2,1H3,(H,21,23). The van der Waals surface area contributed by atoms with E-state index in [1.54, 1.807) is 31.2 Å². The molecule has 0 atom stereocenters. The lowest BCUT2D eigenvalue weighted by atomic mass is 10.1. The second-order valence-corrected chi connectivity index (χ2v) is 6.22. The Balaban J connectivity index is 1.44. The minimum Gasteiger partial charge on any atom is -0.484 e. The Bertz CT molecular complexity index is 1160. The molecule has 4 rings (SSSR count). The van der Waals surface area contributed by atoms with Gasteiger partial charge < -0.3 is 9.15 Å². The molecule has 3 amide bonds.